The monoisotopic (exact) mass is 338 g/mol. The van der Waals surface area contributed by atoms with Crippen molar-refractivity contribution in [2.45, 2.75) is 0 Å². The first kappa shape index (κ1) is 17.3. The number of hydrogen-bond donors (Lipinski definition) is 1. The molecule has 0 saturated carbocycles. The summed E-state index contributed by atoms with van der Waals surface area (Å²) in [6.07, 6.45) is 0. The number of benzene rings is 2. The van der Waals surface area contributed by atoms with Gasteiger partial charge in [0, 0.05) is 63.3 Å². The number of para-hydroxylation sites is 1. The van der Waals surface area contributed by atoms with E-state index >= 15 is 0 Å². The van der Waals surface area contributed by atoms with Crippen molar-refractivity contribution < 1.29 is 4.79 Å². The number of hydrogen-bond acceptors (Lipinski definition) is 4. The summed E-state index contributed by atoms with van der Waals surface area (Å²) in [5, 5.41) is 0. The number of nitrogen functional groups attached to an aromatic ring is 1. The molecular weight excluding hydrogens is 312 g/mol. The Morgan fingerprint density at radius 2 is 1.76 bits per heavy atom. The van der Waals surface area contributed by atoms with Crippen LogP contribution in [0.5, 0.6) is 0 Å². The van der Waals surface area contributed by atoms with E-state index in [4.69, 9.17) is 5.73 Å². The Morgan fingerprint density at radius 1 is 1.04 bits per heavy atom. The van der Waals surface area contributed by atoms with Gasteiger partial charge in [0.2, 0.25) is 0 Å². The third kappa shape index (κ3) is 4.51. The fourth-order valence-electron chi connectivity index (χ4n) is 3.15. The lowest BCUT2D eigenvalue weighted by atomic mass is 10.2. The van der Waals surface area contributed by atoms with E-state index < -0.39 is 0 Å². The maximum atomic E-state index is 12.5. The Labute approximate surface area is 149 Å². The predicted octanol–water partition coefficient (Wildman–Crippen LogP) is 2.16. The summed E-state index contributed by atoms with van der Waals surface area (Å²) in [5.74, 6) is 0.0234. The van der Waals surface area contributed by atoms with E-state index in [2.05, 4.69) is 34.1 Å². The predicted molar refractivity (Wildman–Crippen MR) is 103 cm³/mol. The van der Waals surface area contributed by atoms with Crippen molar-refractivity contribution in [3.8, 4) is 0 Å². The van der Waals surface area contributed by atoms with Crippen molar-refractivity contribution >= 4 is 17.3 Å². The minimum Gasteiger partial charge on any atom is -0.399 e. The summed E-state index contributed by atoms with van der Waals surface area (Å²) in [6, 6.07) is 17.7. The number of anilines is 2. The van der Waals surface area contributed by atoms with Gasteiger partial charge in [-0.25, -0.2) is 0 Å². The average molecular weight is 338 g/mol. The molecule has 2 aromatic rings. The van der Waals surface area contributed by atoms with Gasteiger partial charge in [-0.3, -0.25) is 9.69 Å². The average Bonchev–Trinajstić information content (AvgIpc) is 2.66. The van der Waals surface area contributed by atoms with Gasteiger partial charge in [-0.15, -0.1) is 0 Å². The molecule has 0 spiro atoms. The molecule has 25 heavy (non-hydrogen) atoms. The van der Waals surface area contributed by atoms with E-state index in [1.807, 2.05) is 25.2 Å². The normalized spacial score (nSPS) is 15.2. The largest absolute Gasteiger partial charge is 0.399 e. The first-order valence-corrected chi connectivity index (χ1v) is 8.77. The van der Waals surface area contributed by atoms with E-state index in [0.717, 1.165) is 39.3 Å². The number of likely N-dealkylation sites (N-methyl/N-ethyl adjacent to an activating group) is 1. The Morgan fingerprint density at radius 3 is 2.44 bits per heavy atom. The Balaban J connectivity index is 1.46. The standard InChI is InChI=1S/C20H26N4O/c1-22(20(25)17-6-5-7-18(21)16-17)10-11-23-12-14-24(15-13-23)19-8-3-2-4-9-19/h2-9,16H,10-15,21H2,1H3. The fraction of sp³-hybridized carbons (Fsp3) is 0.350. The van der Waals surface area contributed by atoms with Crippen LogP contribution in [0.3, 0.4) is 0 Å². The second kappa shape index (κ2) is 8.03. The summed E-state index contributed by atoms with van der Waals surface area (Å²) in [4.78, 5) is 19.1. The van der Waals surface area contributed by atoms with E-state index in [1.54, 1.807) is 17.0 Å². The van der Waals surface area contributed by atoms with Crippen molar-refractivity contribution in [2.24, 2.45) is 0 Å². The number of carbonyl (C=O) groups is 1. The van der Waals surface area contributed by atoms with E-state index in [-0.39, 0.29) is 5.91 Å². The summed E-state index contributed by atoms with van der Waals surface area (Å²) in [6.45, 7) is 5.71. The van der Waals surface area contributed by atoms with Crippen LogP contribution in [0.4, 0.5) is 11.4 Å². The van der Waals surface area contributed by atoms with Gasteiger partial charge in [0.25, 0.3) is 5.91 Å². The smallest absolute Gasteiger partial charge is 0.253 e. The lowest BCUT2D eigenvalue weighted by Gasteiger charge is -2.36. The molecule has 0 bridgehead atoms. The van der Waals surface area contributed by atoms with Gasteiger partial charge in [-0.2, -0.15) is 0 Å². The first-order chi connectivity index (χ1) is 12.1. The molecule has 0 unspecified atom stereocenters. The molecule has 3 rings (SSSR count). The third-order valence-corrected chi connectivity index (χ3v) is 4.73. The molecule has 1 fully saturated rings. The van der Waals surface area contributed by atoms with Crippen LogP contribution >= 0.6 is 0 Å². The highest BCUT2D eigenvalue weighted by Gasteiger charge is 2.18. The van der Waals surface area contributed by atoms with Crippen molar-refractivity contribution in [2.75, 3.05) is 56.9 Å². The van der Waals surface area contributed by atoms with E-state index in [1.165, 1.54) is 5.69 Å². The number of nitrogens with two attached hydrogens (primary N) is 1. The zero-order valence-electron chi connectivity index (χ0n) is 14.8. The molecule has 2 N–H and O–H groups in total. The van der Waals surface area contributed by atoms with Gasteiger partial charge < -0.3 is 15.5 Å². The van der Waals surface area contributed by atoms with Crippen LogP contribution in [0.2, 0.25) is 0 Å². The lowest BCUT2D eigenvalue weighted by molar-refractivity contribution is 0.0776. The summed E-state index contributed by atoms with van der Waals surface area (Å²) in [5.41, 5.74) is 8.32. The van der Waals surface area contributed by atoms with Gasteiger partial charge >= 0.3 is 0 Å². The highest BCUT2D eigenvalue weighted by molar-refractivity contribution is 5.94. The highest BCUT2D eigenvalue weighted by Crippen LogP contribution is 2.15. The Bertz CT molecular complexity index is 696. The Hall–Kier alpha value is -2.53. The molecule has 0 aromatic heterocycles. The maximum absolute atomic E-state index is 12.5. The first-order valence-electron chi connectivity index (χ1n) is 8.77. The number of rotatable bonds is 5. The lowest BCUT2D eigenvalue weighted by Crippen LogP contribution is -2.48. The Kier molecular flexibility index (Phi) is 5.56. The maximum Gasteiger partial charge on any atom is 0.253 e. The second-order valence-corrected chi connectivity index (χ2v) is 6.52. The van der Waals surface area contributed by atoms with Crippen molar-refractivity contribution in [3.05, 3.63) is 60.2 Å². The van der Waals surface area contributed by atoms with Crippen LogP contribution in [-0.4, -0.2) is 62.0 Å². The van der Waals surface area contributed by atoms with Gasteiger partial charge in [0.15, 0.2) is 0 Å². The number of nitrogens with zero attached hydrogens (tertiary/aromatic N) is 3. The minimum absolute atomic E-state index is 0.0234. The zero-order chi connectivity index (χ0) is 17.6. The SMILES string of the molecule is CN(CCN1CCN(c2ccccc2)CC1)C(=O)c1cccc(N)c1. The van der Waals surface area contributed by atoms with Crippen LogP contribution in [0.15, 0.2) is 54.6 Å². The molecule has 1 saturated heterocycles. The fourth-order valence-corrected chi connectivity index (χ4v) is 3.15. The topological polar surface area (TPSA) is 52.8 Å². The molecule has 132 valence electrons. The molecule has 5 heteroatoms. The summed E-state index contributed by atoms with van der Waals surface area (Å²) < 4.78 is 0. The van der Waals surface area contributed by atoms with E-state index in [9.17, 15) is 4.79 Å². The van der Waals surface area contributed by atoms with Crippen molar-refractivity contribution in [1.29, 1.82) is 0 Å². The molecule has 0 aliphatic carbocycles. The molecule has 5 nitrogen and oxygen atoms in total. The number of piperazine rings is 1. The van der Waals surface area contributed by atoms with Gasteiger partial charge in [0.05, 0.1) is 0 Å². The summed E-state index contributed by atoms with van der Waals surface area (Å²) >= 11 is 0. The van der Waals surface area contributed by atoms with Crippen LogP contribution in [0.25, 0.3) is 0 Å². The van der Waals surface area contributed by atoms with Gasteiger partial charge in [-0.1, -0.05) is 24.3 Å². The second-order valence-electron chi connectivity index (χ2n) is 6.52. The van der Waals surface area contributed by atoms with Gasteiger partial charge in [-0.05, 0) is 30.3 Å². The summed E-state index contributed by atoms with van der Waals surface area (Å²) in [7, 11) is 1.85. The molecule has 0 atom stereocenters. The zero-order valence-corrected chi connectivity index (χ0v) is 14.8. The van der Waals surface area contributed by atoms with Crippen LogP contribution in [0.1, 0.15) is 10.4 Å². The number of amides is 1. The molecular formula is C20H26N4O. The molecule has 0 radical (unpaired) electrons. The van der Waals surface area contributed by atoms with Crippen molar-refractivity contribution in [3.63, 3.8) is 0 Å². The molecule has 1 amide bonds. The third-order valence-electron chi connectivity index (χ3n) is 4.73. The van der Waals surface area contributed by atoms with Crippen LogP contribution < -0.4 is 10.6 Å². The molecule has 2 aromatic carbocycles. The quantitative estimate of drug-likeness (QED) is 0.849. The highest BCUT2D eigenvalue weighted by atomic mass is 16.2. The minimum atomic E-state index is 0.0234. The van der Waals surface area contributed by atoms with Crippen LogP contribution in [0, 0.1) is 0 Å². The molecule has 1 aliphatic heterocycles. The van der Waals surface area contributed by atoms with Gasteiger partial charge in [0.1, 0.15) is 0 Å². The molecule has 1 heterocycles. The van der Waals surface area contributed by atoms with E-state index in [0.29, 0.717) is 11.3 Å². The molecule has 1 aliphatic rings. The van der Waals surface area contributed by atoms with Crippen LogP contribution in [-0.2, 0) is 0 Å². The number of carbonyl (C=O) groups excluding carboxylic acids is 1. The van der Waals surface area contributed by atoms with Crippen molar-refractivity contribution in [1.82, 2.24) is 9.80 Å².